The summed E-state index contributed by atoms with van der Waals surface area (Å²) in [5, 5.41) is 6.32. The van der Waals surface area contributed by atoms with Crippen LogP contribution in [0.25, 0.3) is 0 Å². The Morgan fingerprint density at radius 3 is 2.69 bits per heavy atom. The molecule has 0 aromatic heterocycles. The maximum absolute atomic E-state index is 13.9. The van der Waals surface area contributed by atoms with Crippen LogP contribution >= 0.6 is 28.1 Å². The fourth-order valence-electron chi connectivity index (χ4n) is 2.89. The number of carbonyl (C=O) groups excluding carboxylic acids is 1. The molecule has 1 aliphatic heterocycles. The Balaban J connectivity index is 1.60. The highest BCUT2D eigenvalue weighted by Gasteiger charge is 2.20. The van der Waals surface area contributed by atoms with E-state index in [1.165, 1.54) is 6.07 Å². The molecule has 1 aliphatic rings. The molecule has 7 heteroatoms. The van der Waals surface area contributed by atoms with Gasteiger partial charge in [0.2, 0.25) is 5.91 Å². The standard InChI is InChI=1S/C19H19BrFN3OS/c20-15-7-8-17(16(21)10-15)23-19(26)22-11-13-4-1-2-5-14(13)12-24-9-3-6-18(24)25/h1-2,4-5,7-8,10H,3,6,9,11-12H2,(H2,22,23,26). The molecule has 1 fully saturated rings. The van der Waals surface area contributed by atoms with Gasteiger partial charge in [0.15, 0.2) is 5.11 Å². The average Bonchev–Trinajstić information content (AvgIpc) is 3.01. The van der Waals surface area contributed by atoms with Crippen LogP contribution in [-0.4, -0.2) is 22.5 Å². The minimum absolute atomic E-state index is 0.204. The number of nitrogens with one attached hydrogen (secondary N) is 2. The maximum Gasteiger partial charge on any atom is 0.222 e. The van der Waals surface area contributed by atoms with E-state index in [4.69, 9.17) is 12.2 Å². The molecule has 136 valence electrons. The molecule has 1 amide bonds. The molecule has 3 rings (SSSR count). The number of rotatable bonds is 5. The van der Waals surface area contributed by atoms with Gasteiger partial charge in [0.1, 0.15) is 5.82 Å². The van der Waals surface area contributed by atoms with Crippen molar-refractivity contribution in [3.05, 3.63) is 63.9 Å². The summed E-state index contributed by atoms with van der Waals surface area (Å²) in [6.07, 6.45) is 1.55. The van der Waals surface area contributed by atoms with E-state index in [0.29, 0.717) is 34.8 Å². The van der Waals surface area contributed by atoms with Gasteiger partial charge in [-0.1, -0.05) is 40.2 Å². The normalized spacial score (nSPS) is 13.8. The zero-order valence-electron chi connectivity index (χ0n) is 14.1. The molecule has 1 saturated heterocycles. The number of carbonyl (C=O) groups is 1. The number of hydrogen-bond donors (Lipinski definition) is 2. The van der Waals surface area contributed by atoms with Crippen molar-refractivity contribution in [1.29, 1.82) is 0 Å². The second-order valence-electron chi connectivity index (χ2n) is 6.12. The number of nitrogens with zero attached hydrogens (tertiary/aromatic N) is 1. The lowest BCUT2D eigenvalue weighted by molar-refractivity contribution is -0.128. The number of anilines is 1. The number of hydrogen-bond acceptors (Lipinski definition) is 2. The van der Waals surface area contributed by atoms with E-state index in [0.717, 1.165) is 24.1 Å². The third kappa shape index (κ3) is 4.80. The van der Waals surface area contributed by atoms with E-state index in [1.54, 1.807) is 12.1 Å². The zero-order valence-corrected chi connectivity index (χ0v) is 16.5. The van der Waals surface area contributed by atoms with Gasteiger partial charge in [0.05, 0.1) is 5.69 Å². The zero-order chi connectivity index (χ0) is 18.5. The first kappa shape index (κ1) is 18.8. The SMILES string of the molecule is O=C1CCCN1Cc1ccccc1CNC(=S)Nc1ccc(Br)cc1F. The summed E-state index contributed by atoms with van der Waals surface area (Å²) in [5.41, 5.74) is 2.47. The first-order chi connectivity index (χ1) is 12.5. The van der Waals surface area contributed by atoms with Gasteiger partial charge >= 0.3 is 0 Å². The first-order valence-electron chi connectivity index (χ1n) is 8.37. The Kier molecular flexibility index (Phi) is 6.21. The van der Waals surface area contributed by atoms with E-state index in [-0.39, 0.29) is 11.7 Å². The van der Waals surface area contributed by atoms with Gasteiger partial charge in [-0.3, -0.25) is 4.79 Å². The highest BCUT2D eigenvalue weighted by molar-refractivity contribution is 9.10. The molecule has 0 bridgehead atoms. The lowest BCUT2D eigenvalue weighted by Crippen LogP contribution is -2.29. The smallest absolute Gasteiger partial charge is 0.222 e. The molecular formula is C19H19BrFN3OS. The molecule has 1 heterocycles. The van der Waals surface area contributed by atoms with E-state index < -0.39 is 0 Å². The predicted molar refractivity (Wildman–Crippen MR) is 108 cm³/mol. The predicted octanol–water partition coefficient (Wildman–Crippen LogP) is 4.20. The van der Waals surface area contributed by atoms with Gasteiger partial charge in [0, 0.05) is 30.5 Å². The van der Waals surface area contributed by atoms with Gasteiger partial charge in [-0.05, 0) is 48.0 Å². The van der Waals surface area contributed by atoms with E-state index >= 15 is 0 Å². The van der Waals surface area contributed by atoms with E-state index in [1.807, 2.05) is 29.2 Å². The highest BCUT2D eigenvalue weighted by atomic mass is 79.9. The Hall–Kier alpha value is -1.99. The minimum atomic E-state index is -0.378. The topological polar surface area (TPSA) is 44.4 Å². The minimum Gasteiger partial charge on any atom is -0.358 e. The monoisotopic (exact) mass is 435 g/mol. The molecular weight excluding hydrogens is 417 g/mol. The number of amides is 1. The molecule has 2 N–H and O–H groups in total. The molecule has 2 aromatic carbocycles. The third-order valence-electron chi connectivity index (χ3n) is 4.27. The summed E-state index contributed by atoms with van der Waals surface area (Å²) in [5.74, 6) is -0.174. The van der Waals surface area contributed by atoms with Gasteiger partial charge in [0.25, 0.3) is 0 Å². The van der Waals surface area contributed by atoms with Crippen LogP contribution in [0.15, 0.2) is 46.9 Å². The van der Waals surface area contributed by atoms with Crippen molar-refractivity contribution >= 4 is 44.9 Å². The van der Waals surface area contributed by atoms with Crippen molar-refractivity contribution in [2.24, 2.45) is 0 Å². The third-order valence-corrected chi connectivity index (χ3v) is 5.01. The van der Waals surface area contributed by atoms with Crippen LogP contribution in [0.3, 0.4) is 0 Å². The fraction of sp³-hybridized carbons (Fsp3) is 0.263. The second-order valence-corrected chi connectivity index (χ2v) is 7.44. The Labute approximate surface area is 165 Å². The number of thiocarbonyl (C=S) groups is 1. The molecule has 4 nitrogen and oxygen atoms in total. The first-order valence-corrected chi connectivity index (χ1v) is 9.57. The van der Waals surface area contributed by atoms with Crippen LogP contribution in [0.5, 0.6) is 0 Å². The van der Waals surface area contributed by atoms with Gasteiger partial charge in [-0.25, -0.2) is 4.39 Å². The molecule has 0 unspecified atom stereocenters. The summed E-state index contributed by atoms with van der Waals surface area (Å²) in [6, 6.07) is 12.7. The molecule has 26 heavy (non-hydrogen) atoms. The number of benzene rings is 2. The Morgan fingerprint density at radius 2 is 2.00 bits per heavy atom. The van der Waals surface area contributed by atoms with Crippen molar-refractivity contribution in [2.75, 3.05) is 11.9 Å². The van der Waals surface area contributed by atoms with Crippen LogP contribution < -0.4 is 10.6 Å². The van der Waals surface area contributed by atoms with Crippen molar-refractivity contribution in [3.63, 3.8) is 0 Å². The van der Waals surface area contributed by atoms with E-state index in [2.05, 4.69) is 26.6 Å². The van der Waals surface area contributed by atoms with Crippen LogP contribution in [0.4, 0.5) is 10.1 Å². The van der Waals surface area contributed by atoms with Crippen molar-refractivity contribution in [2.45, 2.75) is 25.9 Å². The number of likely N-dealkylation sites (tertiary alicyclic amines) is 1. The largest absolute Gasteiger partial charge is 0.358 e. The lowest BCUT2D eigenvalue weighted by atomic mass is 10.1. The summed E-state index contributed by atoms with van der Waals surface area (Å²) in [6.45, 7) is 1.92. The molecule has 0 radical (unpaired) electrons. The molecule has 0 atom stereocenters. The van der Waals surface area contributed by atoms with Crippen molar-refractivity contribution < 1.29 is 9.18 Å². The number of halogens is 2. The van der Waals surface area contributed by atoms with Crippen LogP contribution in [0.2, 0.25) is 0 Å². The molecule has 0 spiro atoms. The molecule has 2 aromatic rings. The second kappa shape index (κ2) is 8.60. The average molecular weight is 436 g/mol. The van der Waals surface area contributed by atoms with Crippen molar-refractivity contribution in [1.82, 2.24) is 10.2 Å². The fourth-order valence-corrected chi connectivity index (χ4v) is 3.41. The Bertz CT molecular complexity index is 830. The maximum atomic E-state index is 13.9. The van der Waals surface area contributed by atoms with Crippen LogP contribution in [0.1, 0.15) is 24.0 Å². The van der Waals surface area contributed by atoms with Crippen LogP contribution in [0, 0.1) is 5.82 Å². The lowest BCUT2D eigenvalue weighted by Gasteiger charge is -2.19. The molecule has 0 aliphatic carbocycles. The summed E-state index contributed by atoms with van der Waals surface area (Å²) < 4.78 is 14.6. The van der Waals surface area contributed by atoms with Gasteiger partial charge in [-0.15, -0.1) is 0 Å². The summed E-state index contributed by atoms with van der Waals surface area (Å²) in [7, 11) is 0. The highest BCUT2D eigenvalue weighted by Crippen LogP contribution is 2.20. The summed E-state index contributed by atoms with van der Waals surface area (Å²) in [4.78, 5) is 13.7. The van der Waals surface area contributed by atoms with Crippen molar-refractivity contribution in [3.8, 4) is 0 Å². The summed E-state index contributed by atoms with van der Waals surface area (Å²) >= 11 is 8.50. The quantitative estimate of drug-likeness (QED) is 0.690. The molecule has 0 saturated carbocycles. The van der Waals surface area contributed by atoms with Gasteiger partial charge < -0.3 is 15.5 Å². The van der Waals surface area contributed by atoms with Gasteiger partial charge in [-0.2, -0.15) is 0 Å². The van der Waals surface area contributed by atoms with E-state index in [9.17, 15) is 9.18 Å². The van der Waals surface area contributed by atoms with Crippen LogP contribution in [-0.2, 0) is 17.9 Å². The Morgan fingerprint density at radius 1 is 1.23 bits per heavy atom.